The topological polar surface area (TPSA) is 390 Å². The lowest BCUT2D eigenvalue weighted by molar-refractivity contribution is -0.143. The van der Waals surface area contributed by atoms with Gasteiger partial charge in [-0.3, -0.25) is 62.5 Å². The van der Waals surface area contributed by atoms with Crippen LogP contribution in [0.2, 0.25) is 0 Å². The molecule has 2 fully saturated rings. The van der Waals surface area contributed by atoms with Crippen molar-refractivity contribution in [2.24, 2.45) is 40.1 Å². The van der Waals surface area contributed by atoms with Crippen molar-refractivity contribution in [3.05, 3.63) is 35.9 Å². The van der Waals surface area contributed by atoms with Crippen molar-refractivity contribution in [1.29, 1.82) is 0 Å². The van der Waals surface area contributed by atoms with Gasteiger partial charge in [0.25, 0.3) is 0 Å². The van der Waals surface area contributed by atoms with Crippen molar-refractivity contribution in [2.75, 3.05) is 36.1 Å². The number of benzene rings is 1. The standard InChI is InChI=1S/C45H62N8O15S4/c1-2-7-37(58)51-31-22-71-70-21-28(44(67)68)16-34(55)29(12-24-8-4-3-5-9-24)52-43(66)27-15-33(54)30(18-40(62)63)50-38(59)19-49-41(64)25(10-6-11-48-45(46)47)13-35(56)32(23-72-69-20-27)53-42(65)26(14-36(31)57)17-39(60)61/h3-5,8-9,25-32H,2,6-7,10-23H2,1H3,(H,49,64)(H,50,59)(H,51,58)(H,52,66)(H,53,65)(H,60,61)(H,62,63)(H,67,68)(H4,46,47,48)/t25-,26+,27+,28+,29+,30+,31+,32+/m1/s1. The van der Waals surface area contributed by atoms with Crippen LogP contribution in [0.15, 0.2) is 35.3 Å². The zero-order chi connectivity index (χ0) is 53.3. The maximum absolute atomic E-state index is 14.4. The second kappa shape index (κ2) is 31.7. The minimum Gasteiger partial charge on any atom is -0.481 e. The summed E-state index contributed by atoms with van der Waals surface area (Å²) in [7, 11) is 3.82. The number of aliphatic carboxylic acids is 3. The van der Waals surface area contributed by atoms with Gasteiger partial charge in [0.15, 0.2) is 29.1 Å². The Kier molecular flexibility index (Phi) is 26.7. The first-order chi connectivity index (χ1) is 34.2. The zero-order valence-corrected chi connectivity index (χ0v) is 42.8. The molecule has 2 saturated heterocycles. The molecule has 0 aliphatic carbocycles. The Balaban J connectivity index is 2.20. The predicted octanol–water partition coefficient (Wildman–Crippen LogP) is 0.264. The van der Waals surface area contributed by atoms with Crippen molar-refractivity contribution in [3.8, 4) is 0 Å². The largest absolute Gasteiger partial charge is 0.481 e. The molecule has 27 heteroatoms. The van der Waals surface area contributed by atoms with Crippen molar-refractivity contribution in [2.45, 2.75) is 102 Å². The molecular formula is C45H62N8O15S4. The number of Topliss-reactive ketones (excluding diaryl/α,β-unsaturated/α-hetero) is 4. The maximum atomic E-state index is 14.4. The van der Waals surface area contributed by atoms with E-state index in [9.17, 15) is 72.9 Å². The molecule has 0 aromatic heterocycles. The number of guanidine groups is 1. The van der Waals surface area contributed by atoms with Crippen LogP contribution in [0.1, 0.15) is 76.7 Å². The monoisotopic (exact) mass is 1080 g/mol. The Morgan fingerprint density at radius 1 is 0.694 bits per heavy atom. The van der Waals surface area contributed by atoms with Crippen molar-refractivity contribution < 1.29 is 72.9 Å². The first-order valence-corrected chi connectivity index (χ1v) is 28.0. The van der Waals surface area contributed by atoms with Gasteiger partial charge in [-0.05, 0) is 31.2 Å². The number of carboxylic acids is 3. The molecule has 0 unspecified atom stereocenters. The highest BCUT2D eigenvalue weighted by Crippen LogP contribution is 2.30. The van der Waals surface area contributed by atoms with Crippen LogP contribution in [0, 0.1) is 23.7 Å². The number of fused-ring (bicyclic) bond motifs is 5. The number of hydrogen-bond donors (Lipinski definition) is 10. The minimum absolute atomic E-state index is 0.0206. The quantitative estimate of drug-likeness (QED) is 0.0517. The van der Waals surface area contributed by atoms with Crippen LogP contribution in [0.5, 0.6) is 0 Å². The van der Waals surface area contributed by atoms with Crippen molar-refractivity contribution >= 4 is 120 Å². The summed E-state index contributed by atoms with van der Waals surface area (Å²) in [6.07, 6.45) is -3.89. The van der Waals surface area contributed by atoms with Gasteiger partial charge in [0, 0.05) is 67.6 Å². The van der Waals surface area contributed by atoms with Crippen LogP contribution >= 0.6 is 43.2 Å². The van der Waals surface area contributed by atoms with E-state index in [1.165, 1.54) is 0 Å². The highest BCUT2D eigenvalue weighted by atomic mass is 33.1. The maximum Gasteiger partial charge on any atom is 0.307 e. The molecule has 1 aromatic carbocycles. The van der Waals surface area contributed by atoms with E-state index >= 15 is 0 Å². The van der Waals surface area contributed by atoms with Gasteiger partial charge in [0.1, 0.15) is 0 Å². The number of hydrogen-bond acceptors (Lipinski definition) is 17. The van der Waals surface area contributed by atoms with Crippen molar-refractivity contribution in [3.63, 3.8) is 0 Å². The van der Waals surface area contributed by atoms with Gasteiger partial charge in [0.05, 0.1) is 61.3 Å². The minimum atomic E-state index is -1.69. The van der Waals surface area contributed by atoms with Crippen LogP contribution in [0.3, 0.4) is 0 Å². The lowest BCUT2D eigenvalue weighted by Gasteiger charge is -2.25. The summed E-state index contributed by atoms with van der Waals surface area (Å²) in [4.78, 5) is 165. The van der Waals surface area contributed by atoms with Gasteiger partial charge in [-0.2, -0.15) is 0 Å². The second-order valence-corrected chi connectivity index (χ2v) is 22.2. The van der Waals surface area contributed by atoms with E-state index in [2.05, 4.69) is 31.6 Å². The number of rotatable bonds is 14. The Labute approximate surface area is 431 Å². The molecule has 2 aliphatic heterocycles. The van der Waals surface area contributed by atoms with E-state index in [0.717, 1.165) is 43.2 Å². The molecule has 1 aromatic rings. The first kappa shape index (κ1) is 60.6. The lowest BCUT2D eigenvalue weighted by Crippen LogP contribution is -2.50. The van der Waals surface area contributed by atoms with Gasteiger partial charge in [-0.25, -0.2) is 0 Å². The third-order valence-corrected chi connectivity index (χ3v) is 16.3. The van der Waals surface area contributed by atoms with Crippen LogP contribution in [0.4, 0.5) is 0 Å². The molecule has 72 heavy (non-hydrogen) atoms. The molecule has 8 atom stereocenters. The SMILES string of the molecule is CCCC(=O)N[C@H]1CSSC[C@@H](C(=O)O)CC(=O)[C@H](Cc2ccccc2)NC(=O)[C@@H]2CSSC[C@H](NC(=O)[C@H](CC(=O)O)CC1=O)C(=O)C[C@@H](CCCN=C(N)N)C(=O)NCC(=O)N[C@@H](CC(=O)O)C(=O)C2. The highest BCUT2D eigenvalue weighted by molar-refractivity contribution is 8.77. The summed E-state index contributed by atoms with van der Waals surface area (Å²) in [5, 5.41) is 42.4. The summed E-state index contributed by atoms with van der Waals surface area (Å²) in [6.45, 7) is 0.970. The van der Waals surface area contributed by atoms with Crippen LogP contribution < -0.4 is 38.1 Å². The molecule has 396 valence electrons. The number of aliphatic imine (C=N–C) groups is 1. The summed E-state index contributed by atoms with van der Waals surface area (Å²) >= 11 is 0. The first-order valence-electron chi connectivity index (χ1n) is 23.0. The Morgan fingerprint density at radius 3 is 1.99 bits per heavy atom. The van der Waals surface area contributed by atoms with Gasteiger partial charge in [0.2, 0.25) is 29.5 Å². The predicted molar refractivity (Wildman–Crippen MR) is 270 cm³/mol. The molecule has 2 aliphatic rings. The van der Waals surface area contributed by atoms with E-state index in [1.54, 1.807) is 37.3 Å². The number of carbonyl (C=O) groups is 12. The highest BCUT2D eigenvalue weighted by Gasteiger charge is 2.36. The Hall–Kier alpha value is -5.67. The van der Waals surface area contributed by atoms with Crippen LogP contribution in [0.25, 0.3) is 0 Å². The molecular weight excluding hydrogens is 1020 g/mol. The van der Waals surface area contributed by atoms with Gasteiger partial charge in [-0.15, -0.1) is 0 Å². The molecule has 0 spiro atoms. The lowest BCUT2D eigenvalue weighted by atomic mass is 9.92. The molecule has 0 saturated carbocycles. The fourth-order valence-corrected chi connectivity index (χ4v) is 12.4. The molecule has 12 N–H and O–H groups in total. The summed E-state index contributed by atoms with van der Waals surface area (Å²) in [5.41, 5.74) is 11.5. The van der Waals surface area contributed by atoms with Gasteiger partial charge >= 0.3 is 17.9 Å². The van der Waals surface area contributed by atoms with Crippen molar-refractivity contribution in [1.82, 2.24) is 26.6 Å². The Morgan fingerprint density at radius 2 is 1.33 bits per heavy atom. The zero-order valence-electron chi connectivity index (χ0n) is 39.5. The average molecular weight is 1080 g/mol. The summed E-state index contributed by atoms with van der Waals surface area (Å²) in [5.74, 6) is -18.2. The Bertz CT molecular complexity index is 2170. The molecule has 0 radical (unpaired) electrons. The fourth-order valence-electron chi connectivity index (χ4n) is 7.39. The number of nitrogens with zero attached hydrogens (tertiary/aromatic N) is 1. The number of amides is 5. The number of carboxylic acid groups (broad SMARTS) is 3. The number of nitrogens with two attached hydrogens (primary N) is 2. The van der Waals surface area contributed by atoms with Gasteiger partial charge in [-0.1, -0.05) is 80.4 Å². The fraction of sp³-hybridized carbons (Fsp3) is 0.578. The normalized spacial score (nSPS) is 25.3. The van der Waals surface area contributed by atoms with Crippen LogP contribution in [-0.2, 0) is 64.0 Å². The molecule has 2 heterocycles. The van der Waals surface area contributed by atoms with Gasteiger partial charge < -0.3 is 53.4 Å². The molecule has 3 rings (SSSR count). The number of ketones is 4. The van der Waals surface area contributed by atoms with E-state index in [0.29, 0.717) is 12.0 Å². The van der Waals surface area contributed by atoms with E-state index in [4.69, 9.17) is 11.5 Å². The average Bonchev–Trinajstić information content (AvgIpc) is 3.31. The summed E-state index contributed by atoms with van der Waals surface area (Å²) in [6, 6.07) is 2.68. The number of carbonyl (C=O) groups excluding carboxylic acids is 9. The van der Waals surface area contributed by atoms with E-state index < -0.39 is 163 Å². The van der Waals surface area contributed by atoms with E-state index in [-0.39, 0.29) is 61.2 Å². The molecule has 5 amide bonds. The number of nitrogens with one attached hydrogen (secondary N) is 5. The third-order valence-electron chi connectivity index (χ3n) is 11.3. The third kappa shape index (κ3) is 22.4. The van der Waals surface area contributed by atoms with Crippen LogP contribution in [-0.4, -0.2) is 152 Å². The smallest absolute Gasteiger partial charge is 0.307 e. The molecule has 23 nitrogen and oxygen atoms in total. The second-order valence-electron chi connectivity index (χ2n) is 17.1. The molecule has 2 bridgehead atoms. The van der Waals surface area contributed by atoms with E-state index in [1.807, 2.05) is 0 Å². The summed E-state index contributed by atoms with van der Waals surface area (Å²) < 4.78 is 0.